The summed E-state index contributed by atoms with van der Waals surface area (Å²) < 4.78 is 7.58. The third-order valence-electron chi connectivity index (χ3n) is 2.84. The summed E-state index contributed by atoms with van der Waals surface area (Å²) in [5, 5.41) is 4.13. The maximum absolute atomic E-state index is 5.78. The number of nitrogens with two attached hydrogens (primary N) is 1. The second-order valence-corrected chi connectivity index (χ2v) is 4.44. The van der Waals surface area contributed by atoms with Crippen molar-refractivity contribution in [3.63, 3.8) is 0 Å². The van der Waals surface area contributed by atoms with Gasteiger partial charge in [-0.05, 0) is 18.6 Å². The minimum absolute atomic E-state index is 0.504. The van der Waals surface area contributed by atoms with Crippen molar-refractivity contribution in [3.8, 4) is 5.75 Å². The number of hydrogen-bond donors (Lipinski definition) is 1. The smallest absolute Gasteiger partial charge is 0.123 e. The number of benzene rings is 1. The highest BCUT2D eigenvalue weighted by molar-refractivity contribution is 5.36. The van der Waals surface area contributed by atoms with Gasteiger partial charge in [0.2, 0.25) is 0 Å². The highest BCUT2D eigenvalue weighted by Crippen LogP contribution is 2.19. The molecule has 0 aliphatic rings. The SMILES string of the molecule is Cc1ccc(OCCc2cnn(C)c2)c(CN)c1. The van der Waals surface area contributed by atoms with Crippen LogP contribution in [0.2, 0.25) is 0 Å². The quantitative estimate of drug-likeness (QED) is 0.874. The molecule has 0 amide bonds. The zero-order valence-electron chi connectivity index (χ0n) is 10.9. The van der Waals surface area contributed by atoms with Crippen LogP contribution in [0.3, 0.4) is 0 Å². The molecule has 1 aromatic heterocycles. The number of aromatic nitrogens is 2. The fraction of sp³-hybridized carbons (Fsp3) is 0.357. The Kier molecular flexibility index (Phi) is 3.99. The predicted molar refractivity (Wildman–Crippen MR) is 71.5 cm³/mol. The van der Waals surface area contributed by atoms with Crippen molar-refractivity contribution in [2.75, 3.05) is 6.61 Å². The molecular weight excluding hydrogens is 226 g/mol. The average Bonchev–Trinajstić information content (AvgIpc) is 2.77. The van der Waals surface area contributed by atoms with Crippen LogP contribution < -0.4 is 10.5 Å². The third kappa shape index (κ3) is 3.11. The van der Waals surface area contributed by atoms with E-state index in [-0.39, 0.29) is 0 Å². The summed E-state index contributed by atoms with van der Waals surface area (Å²) in [7, 11) is 1.91. The summed E-state index contributed by atoms with van der Waals surface area (Å²) in [5.41, 5.74) is 9.15. The van der Waals surface area contributed by atoms with Crippen molar-refractivity contribution >= 4 is 0 Å². The van der Waals surface area contributed by atoms with E-state index in [4.69, 9.17) is 10.5 Å². The average molecular weight is 245 g/mol. The molecule has 2 N–H and O–H groups in total. The van der Waals surface area contributed by atoms with Crippen LogP contribution in [0.25, 0.3) is 0 Å². The molecule has 96 valence electrons. The van der Waals surface area contributed by atoms with E-state index in [1.54, 1.807) is 4.68 Å². The van der Waals surface area contributed by atoms with Crippen LogP contribution >= 0.6 is 0 Å². The maximum Gasteiger partial charge on any atom is 0.123 e. The van der Waals surface area contributed by atoms with Gasteiger partial charge in [-0.1, -0.05) is 17.7 Å². The number of nitrogens with zero attached hydrogens (tertiary/aromatic N) is 2. The molecule has 2 rings (SSSR count). The summed E-state index contributed by atoms with van der Waals surface area (Å²) in [4.78, 5) is 0. The molecule has 0 aliphatic heterocycles. The van der Waals surface area contributed by atoms with E-state index in [9.17, 15) is 0 Å². The van der Waals surface area contributed by atoms with Crippen LogP contribution in [-0.2, 0) is 20.0 Å². The van der Waals surface area contributed by atoms with Crippen molar-refractivity contribution in [1.82, 2.24) is 9.78 Å². The summed E-state index contributed by atoms with van der Waals surface area (Å²) in [5.74, 6) is 0.881. The van der Waals surface area contributed by atoms with Crippen LogP contribution in [-0.4, -0.2) is 16.4 Å². The highest BCUT2D eigenvalue weighted by atomic mass is 16.5. The number of rotatable bonds is 5. The van der Waals surface area contributed by atoms with Crippen molar-refractivity contribution in [3.05, 3.63) is 47.3 Å². The zero-order valence-corrected chi connectivity index (χ0v) is 10.9. The van der Waals surface area contributed by atoms with Gasteiger partial charge in [-0.2, -0.15) is 5.10 Å². The van der Waals surface area contributed by atoms with Gasteiger partial charge < -0.3 is 10.5 Å². The molecule has 4 heteroatoms. The number of ether oxygens (including phenoxy) is 1. The molecule has 2 aromatic rings. The first kappa shape index (κ1) is 12.6. The van der Waals surface area contributed by atoms with Gasteiger partial charge in [0.05, 0.1) is 12.8 Å². The van der Waals surface area contributed by atoms with Crippen LogP contribution in [0, 0.1) is 6.92 Å². The van der Waals surface area contributed by atoms with Gasteiger partial charge >= 0.3 is 0 Å². The van der Waals surface area contributed by atoms with E-state index < -0.39 is 0 Å². The summed E-state index contributed by atoms with van der Waals surface area (Å²) in [6.45, 7) is 3.20. The van der Waals surface area contributed by atoms with Crippen LogP contribution in [0.1, 0.15) is 16.7 Å². The Morgan fingerprint density at radius 1 is 1.39 bits per heavy atom. The van der Waals surface area contributed by atoms with Crippen LogP contribution in [0.15, 0.2) is 30.6 Å². The first-order chi connectivity index (χ1) is 8.69. The van der Waals surface area contributed by atoms with Crippen molar-refractivity contribution in [2.45, 2.75) is 19.9 Å². The van der Waals surface area contributed by atoms with Crippen molar-refractivity contribution in [1.29, 1.82) is 0 Å². The Balaban J connectivity index is 1.94. The van der Waals surface area contributed by atoms with Gasteiger partial charge in [-0.15, -0.1) is 0 Å². The van der Waals surface area contributed by atoms with E-state index in [0.717, 1.165) is 17.7 Å². The lowest BCUT2D eigenvalue weighted by Crippen LogP contribution is -2.05. The van der Waals surface area contributed by atoms with E-state index in [2.05, 4.69) is 18.1 Å². The first-order valence-corrected chi connectivity index (χ1v) is 6.09. The second kappa shape index (κ2) is 5.69. The Labute approximate surface area is 107 Å². The minimum atomic E-state index is 0.504. The molecule has 0 unspecified atom stereocenters. The predicted octanol–water partition coefficient (Wildman–Crippen LogP) is 1.81. The normalized spacial score (nSPS) is 10.6. The van der Waals surface area contributed by atoms with Gasteiger partial charge in [0.15, 0.2) is 0 Å². The lowest BCUT2D eigenvalue weighted by molar-refractivity contribution is 0.318. The van der Waals surface area contributed by atoms with Gasteiger partial charge in [0, 0.05) is 31.8 Å². The molecule has 0 saturated carbocycles. The molecule has 1 aromatic carbocycles. The third-order valence-corrected chi connectivity index (χ3v) is 2.84. The molecular formula is C14H19N3O. The lowest BCUT2D eigenvalue weighted by Gasteiger charge is -2.10. The minimum Gasteiger partial charge on any atom is -0.493 e. The Morgan fingerprint density at radius 2 is 2.22 bits per heavy atom. The molecule has 18 heavy (non-hydrogen) atoms. The molecule has 0 atom stereocenters. The Morgan fingerprint density at radius 3 is 2.89 bits per heavy atom. The zero-order chi connectivity index (χ0) is 13.0. The largest absolute Gasteiger partial charge is 0.493 e. The molecule has 0 radical (unpaired) electrons. The molecule has 0 bridgehead atoms. The fourth-order valence-electron chi connectivity index (χ4n) is 1.89. The number of hydrogen-bond acceptors (Lipinski definition) is 3. The summed E-state index contributed by atoms with van der Waals surface area (Å²) in [6.07, 6.45) is 4.72. The van der Waals surface area contributed by atoms with E-state index in [1.165, 1.54) is 11.1 Å². The Hall–Kier alpha value is -1.81. The van der Waals surface area contributed by atoms with Crippen LogP contribution in [0.5, 0.6) is 5.75 Å². The molecule has 0 aliphatic carbocycles. The van der Waals surface area contributed by atoms with E-state index in [0.29, 0.717) is 13.2 Å². The topological polar surface area (TPSA) is 53.1 Å². The molecule has 0 spiro atoms. The number of aryl methyl sites for hydroxylation is 2. The van der Waals surface area contributed by atoms with Gasteiger partial charge in [-0.25, -0.2) is 0 Å². The summed E-state index contributed by atoms with van der Waals surface area (Å²) >= 11 is 0. The van der Waals surface area contributed by atoms with Gasteiger partial charge in [0.25, 0.3) is 0 Å². The van der Waals surface area contributed by atoms with Crippen molar-refractivity contribution < 1.29 is 4.74 Å². The fourth-order valence-corrected chi connectivity index (χ4v) is 1.89. The van der Waals surface area contributed by atoms with E-state index in [1.807, 2.05) is 31.6 Å². The first-order valence-electron chi connectivity index (χ1n) is 6.09. The monoisotopic (exact) mass is 245 g/mol. The summed E-state index contributed by atoms with van der Waals surface area (Å²) in [6, 6.07) is 6.10. The standard InChI is InChI=1S/C14H19N3O/c1-11-3-4-14(13(7-11)8-15)18-6-5-12-9-16-17(2)10-12/h3-4,7,9-10H,5-6,8,15H2,1-2H3. The molecule has 0 saturated heterocycles. The molecule has 4 nitrogen and oxygen atoms in total. The second-order valence-electron chi connectivity index (χ2n) is 4.44. The van der Waals surface area contributed by atoms with Crippen LogP contribution in [0.4, 0.5) is 0 Å². The van der Waals surface area contributed by atoms with Gasteiger partial charge in [-0.3, -0.25) is 4.68 Å². The van der Waals surface area contributed by atoms with Crippen molar-refractivity contribution in [2.24, 2.45) is 12.8 Å². The van der Waals surface area contributed by atoms with E-state index >= 15 is 0 Å². The Bertz CT molecular complexity index is 520. The lowest BCUT2D eigenvalue weighted by atomic mass is 10.1. The molecule has 0 fully saturated rings. The highest BCUT2D eigenvalue weighted by Gasteiger charge is 2.03. The van der Waals surface area contributed by atoms with Gasteiger partial charge in [0.1, 0.15) is 5.75 Å². The molecule has 1 heterocycles. The maximum atomic E-state index is 5.78.